The number of nitrogens with one attached hydrogen (secondary N) is 1. The molecular formula is C13H17Cl2NO2. The minimum Gasteiger partial charge on any atom is -0.480 e. The Bertz CT molecular complexity index is 431. The molecule has 0 spiro atoms. The average molecular weight is 290 g/mol. The third kappa shape index (κ3) is 3.16. The van der Waals surface area contributed by atoms with Crippen molar-refractivity contribution in [3.63, 3.8) is 0 Å². The Morgan fingerprint density at radius 2 is 1.94 bits per heavy atom. The Morgan fingerprint density at radius 3 is 2.44 bits per heavy atom. The summed E-state index contributed by atoms with van der Waals surface area (Å²) in [6.07, 6.45) is 1.02. The van der Waals surface area contributed by atoms with E-state index in [4.69, 9.17) is 23.2 Å². The van der Waals surface area contributed by atoms with Gasteiger partial charge >= 0.3 is 5.97 Å². The van der Waals surface area contributed by atoms with Gasteiger partial charge in [-0.25, -0.2) is 0 Å². The molecule has 2 N–H and O–H groups in total. The van der Waals surface area contributed by atoms with Gasteiger partial charge in [0.05, 0.1) is 10.0 Å². The van der Waals surface area contributed by atoms with E-state index in [0.717, 1.165) is 5.56 Å². The minimum absolute atomic E-state index is 0.382. The lowest BCUT2D eigenvalue weighted by Crippen LogP contribution is -2.50. The highest BCUT2D eigenvalue weighted by atomic mass is 35.5. The maximum Gasteiger partial charge on any atom is 0.323 e. The van der Waals surface area contributed by atoms with Gasteiger partial charge in [-0.15, -0.1) is 0 Å². The standard InChI is InChI=1S/C13H17Cl2NO2/c1-3-13(4-2,12(17)18)16-8-9-6-5-7-10(14)11(9)15/h5-7,16H,3-4,8H2,1-2H3,(H,17,18). The summed E-state index contributed by atoms with van der Waals surface area (Å²) in [6, 6.07) is 5.34. The van der Waals surface area contributed by atoms with Crippen LogP contribution in [0, 0.1) is 0 Å². The predicted molar refractivity (Wildman–Crippen MR) is 74.3 cm³/mol. The topological polar surface area (TPSA) is 49.3 Å². The summed E-state index contributed by atoms with van der Waals surface area (Å²) in [5, 5.41) is 13.3. The number of halogens is 2. The molecule has 0 aliphatic carbocycles. The van der Waals surface area contributed by atoms with Crippen LogP contribution in [0.5, 0.6) is 0 Å². The molecule has 1 rings (SSSR count). The molecule has 18 heavy (non-hydrogen) atoms. The second-order valence-corrected chi connectivity index (χ2v) is 4.95. The molecular weight excluding hydrogens is 273 g/mol. The van der Waals surface area contributed by atoms with Crippen molar-refractivity contribution in [3.05, 3.63) is 33.8 Å². The average Bonchev–Trinajstić information content (AvgIpc) is 2.35. The first-order valence-electron chi connectivity index (χ1n) is 5.88. The number of hydrogen-bond acceptors (Lipinski definition) is 2. The number of aliphatic carboxylic acids is 1. The smallest absolute Gasteiger partial charge is 0.323 e. The number of carboxylic acid groups (broad SMARTS) is 1. The number of hydrogen-bond donors (Lipinski definition) is 2. The number of rotatable bonds is 6. The van der Waals surface area contributed by atoms with E-state index in [9.17, 15) is 9.90 Å². The van der Waals surface area contributed by atoms with Crippen molar-refractivity contribution in [3.8, 4) is 0 Å². The van der Waals surface area contributed by atoms with Crippen molar-refractivity contribution in [1.29, 1.82) is 0 Å². The van der Waals surface area contributed by atoms with Crippen LogP contribution >= 0.6 is 23.2 Å². The van der Waals surface area contributed by atoms with Gasteiger partial charge in [-0.2, -0.15) is 0 Å². The zero-order chi connectivity index (χ0) is 13.8. The molecule has 0 saturated heterocycles. The highest BCUT2D eigenvalue weighted by molar-refractivity contribution is 6.42. The van der Waals surface area contributed by atoms with E-state index in [1.54, 1.807) is 12.1 Å². The lowest BCUT2D eigenvalue weighted by Gasteiger charge is -2.28. The second-order valence-electron chi connectivity index (χ2n) is 4.16. The molecule has 0 aliphatic rings. The van der Waals surface area contributed by atoms with Crippen LogP contribution in [0.15, 0.2) is 18.2 Å². The molecule has 0 saturated carbocycles. The summed E-state index contributed by atoms with van der Waals surface area (Å²) in [7, 11) is 0. The predicted octanol–water partition coefficient (Wildman–Crippen LogP) is 3.73. The van der Waals surface area contributed by atoms with Crippen LogP contribution in [-0.2, 0) is 11.3 Å². The van der Waals surface area contributed by atoms with Crippen LogP contribution in [0.2, 0.25) is 10.0 Å². The van der Waals surface area contributed by atoms with Crippen molar-refractivity contribution < 1.29 is 9.90 Å². The first-order chi connectivity index (χ1) is 8.46. The Kier molecular flexibility index (Phi) is 5.45. The second kappa shape index (κ2) is 6.41. The lowest BCUT2D eigenvalue weighted by molar-refractivity contribution is -0.145. The van der Waals surface area contributed by atoms with Gasteiger partial charge in [0.25, 0.3) is 0 Å². The molecule has 1 aromatic carbocycles. The number of carboxylic acids is 1. The van der Waals surface area contributed by atoms with Gasteiger partial charge in [-0.05, 0) is 24.5 Å². The third-order valence-corrected chi connectivity index (χ3v) is 4.12. The summed E-state index contributed by atoms with van der Waals surface area (Å²) in [6.45, 7) is 4.09. The molecule has 0 amide bonds. The van der Waals surface area contributed by atoms with E-state index in [0.29, 0.717) is 29.4 Å². The van der Waals surface area contributed by atoms with Crippen molar-refractivity contribution in [2.24, 2.45) is 0 Å². The van der Waals surface area contributed by atoms with Gasteiger partial charge in [0.15, 0.2) is 0 Å². The molecule has 0 aromatic heterocycles. The van der Waals surface area contributed by atoms with Crippen LogP contribution in [0.4, 0.5) is 0 Å². The van der Waals surface area contributed by atoms with Crippen LogP contribution in [0.3, 0.4) is 0 Å². The summed E-state index contributed by atoms with van der Waals surface area (Å²) >= 11 is 12.0. The van der Waals surface area contributed by atoms with E-state index < -0.39 is 11.5 Å². The van der Waals surface area contributed by atoms with E-state index in [1.165, 1.54) is 0 Å². The van der Waals surface area contributed by atoms with E-state index >= 15 is 0 Å². The Hall–Kier alpha value is -0.770. The molecule has 0 unspecified atom stereocenters. The monoisotopic (exact) mass is 289 g/mol. The molecule has 0 atom stereocenters. The molecule has 5 heteroatoms. The Morgan fingerprint density at radius 1 is 1.33 bits per heavy atom. The zero-order valence-corrected chi connectivity index (χ0v) is 12.0. The molecule has 0 fully saturated rings. The molecule has 0 aliphatic heterocycles. The maximum atomic E-state index is 11.3. The highest BCUT2D eigenvalue weighted by Crippen LogP contribution is 2.26. The van der Waals surface area contributed by atoms with Crippen molar-refractivity contribution in [1.82, 2.24) is 5.32 Å². The number of benzene rings is 1. The Labute approximate surface area is 117 Å². The fourth-order valence-electron chi connectivity index (χ4n) is 1.83. The van der Waals surface area contributed by atoms with Crippen molar-refractivity contribution in [2.45, 2.75) is 38.8 Å². The van der Waals surface area contributed by atoms with E-state index in [1.807, 2.05) is 19.9 Å². The van der Waals surface area contributed by atoms with Crippen LogP contribution in [0.25, 0.3) is 0 Å². The van der Waals surface area contributed by atoms with Gasteiger partial charge in [-0.1, -0.05) is 49.2 Å². The van der Waals surface area contributed by atoms with Crippen molar-refractivity contribution in [2.75, 3.05) is 0 Å². The Balaban J connectivity index is 2.86. The fraction of sp³-hybridized carbons (Fsp3) is 0.462. The number of carbonyl (C=O) groups is 1. The largest absolute Gasteiger partial charge is 0.480 e. The first-order valence-corrected chi connectivity index (χ1v) is 6.63. The van der Waals surface area contributed by atoms with Crippen LogP contribution in [0.1, 0.15) is 32.3 Å². The minimum atomic E-state index is -0.911. The van der Waals surface area contributed by atoms with E-state index in [-0.39, 0.29) is 0 Å². The first kappa shape index (κ1) is 15.3. The molecule has 0 bridgehead atoms. The summed E-state index contributed by atoms with van der Waals surface area (Å²) in [5.41, 5.74) is -0.109. The SMILES string of the molecule is CCC(CC)(NCc1cccc(Cl)c1Cl)C(=O)O. The summed E-state index contributed by atoms with van der Waals surface area (Å²) in [4.78, 5) is 11.3. The van der Waals surface area contributed by atoms with Gasteiger partial charge in [0, 0.05) is 6.54 Å². The summed E-state index contributed by atoms with van der Waals surface area (Å²) in [5.74, 6) is -0.842. The van der Waals surface area contributed by atoms with Gasteiger partial charge in [-0.3, -0.25) is 10.1 Å². The van der Waals surface area contributed by atoms with Crippen LogP contribution in [-0.4, -0.2) is 16.6 Å². The summed E-state index contributed by atoms with van der Waals surface area (Å²) < 4.78 is 0. The third-order valence-electron chi connectivity index (χ3n) is 3.27. The lowest BCUT2D eigenvalue weighted by atomic mass is 9.92. The quantitative estimate of drug-likeness (QED) is 0.839. The highest BCUT2D eigenvalue weighted by Gasteiger charge is 2.34. The van der Waals surface area contributed by atoms with Gasteiger partial charge < -0.3 is 5.11 Å². The van der Waals surface area contributed by atoms with Gasteiger partial charge in [0.2, 0.25) is 0 Å². The maximum absolute atomic E-state index is 11.3. The molecule has 0 radical (unpaired) electrons. The van der Waals surface area contributed by atoms with Gasteiger partial charge in [0.1, 0.15) is 5.54 Å². The van der Waals surface area contributed by atoms with E-state index in [2.05, 4.69) is 5.32 Å². The molecule has 0 heterocycles. The fourth-order valence-corrected chi connectivity index (χ4v) is 2.21. The van der Waals surface area contributed by atoms with Crippen LogP contribution < -0.4 is 5.32 Å². The molecule has 1 aromatic rings. The normalized spacial score (nSPS) is 11.6. The zero-order valence-electron chi connectivity index (χ0n) is 10.5. The molecule has 3 nitrogen and oxygen atoms in total. The van der Waals surface area contributed by atoms with Crippen molar-refractivity contribution >= 4 is 29.2 Å². The molecule has 100 valence electrons.